The van der Waals surface area contributed by atoms with E-state index in [-0.39, 0.29) is 23.0 Å². The highest BCUT2D eigenvalue weighted by Crippen LogP contribution is 2.30. The van der Waals surface area contributed by atoms with Crippen LogP contribution < -0.4 is 14.8 Å². The molecule has 4 nitrogen and oxygen atoms in total. The number of ether oxygens (including phenoxy) is 2. The molecule has 122 valence electrons. The summed E-state index contributed by atoms with van der Waals surface area (Å²) in [5, 5.41) is 2.82. The molecule has 0 aromatic heterocycles. The second-order valence-corrected chi connectivity index (χ2v) is 4.97. The SMILES string of the molecule is COc1cc(C(=O)Nc2c(C)cccc2C)ccc1OC(F)F. The molecule has 0 saturated carbocycles. The van der Waals surface area contributed by atoms with Crippen LogP contribution in [0.5, 0.6) is 11.5 Å². The van der Waals surface area contributed by atoms with Gasteiger partial charge in [-0.15, -0.1) is 0 Å². The molecule has 0 fully saturated rings. The van der Waals surface area contributed by atoms with E-state index in [0.29, 0.717) is 0 Å². The number of alkyl halides is 2. The van der Waals surface area contributed by atoms with E-state index in [2.05, 4.69) is 10.1 Å². The molecular formula is C17H17F2NO3. The summed E-state index contributed by atoms with van der Waals surface area (Å²) < 4.78 is 34.0. The Hall–Kier alpha value is -2.63. The van der Waals surface area contributed by atoms with Crippen LogP contribution in [0.1, 0.15) is 21.5 Å². The summed E-state index contributed by atoms with van der Waals surface area (Å²) in [4.78, 5) is 12.4. The van der Waals surface area contributed by atoms with Gasteiger partial charge < -0.3 is 14.8 Å². The van der Waals surface area contributed by atoms with E-state index in [0.717, 1.165) is 16.8 Å². The summed E-state index contributed by atoms with van der Waals surface area (Å²) in [7, 11) is 1.32. The lowest BCUT2D eigenvalue weighted by atomic mass is 10.1. The minimum Gasteiger partial charge on any atom is -0.493 e. The lowest BCUT2D eigenvalue weighted by Crippen LogP contribution is -2.14. The van der Waals surface area contributed by atoms with E-state index < -0.39 is 6.61 Å². The van der Waals surface area contributed by atoms with Crippen molar-refractivity contribution in [2.75, 3.05) is 12.4 Å². The van der Waals surface area contributed by atoms with E-state index in [1.165, 1.54) is 25.3 Å². The summed E-state index contributed by atoms with van der Waals surface area (Å²) >= 11 is 0. The molecule has 0 unspecified atom stereocenters. The Labute approximate surface area is 133 Å². The number of rotatable bonds is 5. The molecule has 2 aromatic rings. The van der Waals surface area contributed by atoms with Crippen LogP contribution in [0, 0.1) is 13.8 Å². The number of carbonyl (C=O) groups is 1. The quantitative estimate of drug-likeness (QED) is 0.899. The van der Waals surface area contributed by atoms with Gasteiger partial charge in [0, 0.05) is 11.3 Å². The van der Waals surface area contributed by atoms with Gasteiger partial charge in [0.05, 0.1) is 7.11 Å². The predicted molar refractivity (Wildman–Crippen MR) is 83.5 cm³/mol. The van der Waals surface area contributed by atoms with Crippen molar-refractivity contribution in [3.05, 3.63) is 53.1 Å². The maximum absolute atomic E-state index is 12.4. The highest BCUT2D eigenvalue weighted by molar-refractivity contribution is 6.05. The highest BCUT2D eigenvalue weighted by Gasteiger charge is 2.15. The van der Waals surface area contributed by atoms with Gasteiger partial charge in [-0.1, -0.05) is 18.2 Å². The van der Waals surface area contributed by atoms with Crippen molar-refractivity contribution in [2.24, 2.45) is 0 Å². The van der Waals surface area contributed by atoms with Crippen LogP contribution in [0.15, 0.2) is 36.4 Å². The van der Waals surface area contributed by atoms with Crippen molar-refractivity contribution in [1.82, 2.24) is 0 Å². The van der Waals surface area contributed by atoms with Gasteiger partial charge in [0.1, 0.15) is 0 Å². The zero-order chi connectivity index (χ0) is 17.0. The van der Waals surface area contributed by atoms with Gasteiger partial charge in [0.25, 0.3) is 5.91 Å². The highest BCUT2D eigenvalue weighted by atomic mass is 19.3. The Bertz CT molecular complexity index is 697. The third-order valence-electron chi connectivity index (χ3n) is 3.36. The van der Waals surface area contributed by atoms with Gasteiger partial charge >= 0.3 is 6.61 Å². The average Bonchev–Trinajstić information content (AvgIpc) is 2.50. The van der Waals surface area contributed by atoms with Crippen molar-refractivity contribution < 1.29 is 23.0 Å². The van der Waals surface area contributed by atoms with E-state index in [9.17, 15) is 13.6 Å². The van der Waals surface area contributed by atoms with Crippen LogP contribution in [-0.4, -0.2) is 19.6 Å². The minimum atomic E-state index is -2.96. The molecule has 0 aliphatic carbocycles. The van der Waals surface area contributed by atoms with Crippen molar-refractivity contribution in [3.8, 4) is 11.5 Å². The fourth-order valence-corrected chi connectivity index (χ4v) is 2.20. The van der Waals surface area contributed by atoms with Crippen molar-refractivity contribution in [2.45, 2.75) is 20.5 Å². The minimum absolute atomic E-state index is 0.0689. The second kappa shape index (κ2) is 7.09. The Morgan fingerprint density at radius 3 is 2.30 bits per heavy atom. The summed E-state index contributed by atoms with van der Waals surface area (Å²) in [6, 6.07) is 9.74. The first-order valence-corrected chi connectivity index (χ1v) is 6.92. The molecule has 0 radical (unpaired) electrons. The van der Waals surface area contributed by atoms with E-state index in [1.54, 1.807) is 0 Å². The Kier molecular flexibility index (Phi) is 5.16. The number of amides is 1. The van der Waals surface area contributed by atoms with Crippen LogP contribution in [-0.2, 0) is 0 Å². The molecule has 0 bridgehead atoms. The second-order valence-electron chi connectivity index (χ2n) is 4.97. The summed E-state index contributed by atoms with van der Waals surface area (Å²) in [6.07, 6.45) is 0. The number of carbonyl (C=O) groups excluding carboxylic acids is 1. The smallest absolute Gasteiger partial charge is 0.387 e. The number of hydrogen-bond acceptors (Lipinski definition) is 3. The Morgan fingerprint density at radius 2 is 1.74 bits per heavy atom. The third kappa shape index (κ3) is 3.97. The molecular weight excluding hydrogens is 304 g/mol. The fourth-order valence-electron chi connectivity index (χ4n) is 2.20. The maximum Gasteiger partial charge on any atom is 0.387 e. The lowest BCUT2D eigenvalue weighted by Gasteiger charge is -2.13. The number of halogens is 2. The Balaban J connectivity index is 2.26. The molecule has 0 heterocycles. The lowest BCUT2D eigenvalue weighted by molar-refractivity contribution is -0.0512. The number of aryl methyl sites for hydroxylation is 2. The van der Waals surface area contributed by atoms with E-state index in [4.69, 9.17) is 4.74 Å². The number of para-hydroxylation sites is 1. The van der Waals surface area contributed by atoms with Gasteiger partial charge in [0.15, 0.2) is 11.5 Å². The number of nitrogens with one attached hydrogen (secondary N) is 1. The summed E-state index contributed by atoms with van der Waals surface area (Å²) in [5.41, 5.74) is 2.88. The molecule has 1 N–H and O–H groups in total. The first-order valence-electron chi connectivity index (χ1n) is 6.92. The van der Waals surface area contributed by atoms with E-state index >= 15 is 0 Å². The van der Waals surface area contributed by atoms with Gasteiger partial charge in [-0.05, 0) is 43.2 Å². The van der Waals surface area contributed by atoms with Gasteiger partial charge in [0.2, 0.25) is 0 Å². The van der Waals surface area contributed by atoms with E-state index in [1.807, 2.05) is 32.0 Å². The van der Waals surface area contributed by atoms with Crippen LogP contribution in [0.2, 0.25) is 0 Å². The molecule has 0 spiro atoms. The predicted octanol–water partition coefficient (Wildman–Crippen LogP) is 4.17. The van der Waals surface area contributed by atoms with Crippen molar-refractivity contribution in [3.63, 3.8) is 0 Å². The summed E-state index contributed by atoms with van der Waals surface area (Å²) in [6.45, 7) is 0.823. The first kappa shape index (κ1) is 16.7. The number of methoxy groups -OCH3 is 1. The van der Waals surface area contributed by atoms with Gasteiger partial charge in [-0.25, -0.2) is 0 Å². The standard InChI is InChI=1S/C17H17F2NO3/c1-10-5-4-6-11(2)15(10)20-16(21)12-7-8-13(23-17(18)19)14(9-12)22-3/h4-9,17H,1-3H3,(H,20,21). The Morgan fingerprint density at radius 1 is 1.09 bits per heavy atom. The zero-order valence-corrected chi connectivity index (χ0v) is 13.0. The molecule has 0 aliphatic rings. The molecule has 2 aromatic carbocycles. The number of benzene rings is 2. The maximum atomic E-state index is 12.4. The van der Waals surface area contributed by atoms with Gasteiger partial charge in [-0.3, -0.25) is 4.79 Å². The average molecular weight is 321 g/mol. The molecule has 6 heteroatoms. The molecule has 0 saturated heterocycles. The molecule has 0 atom stereocenters. The van der Waals surface area contributed by atoms with Gasteiger partial charge in [-0.2, -0.15) is 8.78 Å². The van der Waals surface area contributed by atoms with Crippen LogP contribution in [0.3, 0.4) is 0 Å². The van der Waals surface area contributed by atoms with Crippen molar-refractivity contribution in [1.29, 1.82) is 0 Å². The summed E-state index contributed by atoms with van der Waals surface area (Å²) in [5.74, 6) is -0.408. The largest absolute Gasteiger partial charge is 0.493 e. The number of anilines is 1. The molecule has 23 heavy (non-hydrogen) atoms. The molecule has 1 amide bonds. The van der Waals surface area contributed by atoms with Crippen LogP contribution in [0.25, 0.3) is 0 Å². The number of hydrogen-bond donors (Lipinski definition) is 1. The van der Waals surface area contributed by atoms with Crippen LogP contribution in [0.4, 0.5) is 14.5 Å². The fraction of sp³-hybridized carbons (Fsp3) is 0.235. The molecule has 0 aliphatic heterocycles. The third-order valence-corrected chi connectivity index (χ3v) is 3.36. The topological polar surface area (TPSA) is 47.6 Å². The normalized spacial score (nSPS) is 10.5. The van der Waals surface area contributed by atoms with Crippen LogP contribution >= 0.6 is 0 Å². The first-order chi connectivity index (χ1) is 10.9. The monoisotopic (exact) mass is 321 g/mol. The zero-order valence-electron chi connectivity index (χ0n) is 13.0. The molecule has 2 rings (SSSR count). The van der Waals surface area contributed by atoms with Crippen molar-refractivity contribution >= 4 is 11.6 Å².